The van der Waals surface area contributed by atoms with Gasteiger partial charge in [-0.25, -0.2) is 0 Å². The molecule has 0 saturated heterocycles. The molecule has 0 amide bonds. The summed E-state index contributed by atoms with van der Waals surface area (Å²) in [5, 5.41) is 0. The van der Waals surface area contributed by atoms with E-state index in [4.69, 9.17) is 9.47 Å². The normalized spacial score (nSPS) is 12.7. The summed E-state index contributed by atoms with van der Waals surface area (Å²) in [6.07, 6.45) is 5.61. The van der Waals surface area contributed by atoms with Crippen molar-refractivity contribution in [2.75, 3.05) is 13.2 Å². The van der Waals surface area contributed by atoms with Crippen molar-refractivity contribution in [2.24, 2.45) is 5.92 Å². The van der Waals surface area contributed by atoms with Crippen LogP contribution < -0.4 is 0 Å². The Bertz CT molecular complexity index is 202. The highest BCUT2D eigenvalue weighted by Crippen LogP contribution is 2.11. The monoisotopic (exact) mass is 258 g/mol. The topological polar surface area (TPSA) is 35.5 Å². The second kappa shape index (κ2) is 11.5. The minimum atomic E-state index is -0.0906. The summed E-state index contributed by atoms with van der Waals surface area (Å²) in [7, 11) is 0. The Morgan fingerprint density at radius 2 is 1.78 bits per heavy atom. The lowest BCUT2D eigenvalue weighted by Gasteiger charge is -2.13. The van der Waals surface area contributed by atoms with Crippen LogP contribution in [0.2, 0.25) is 0 Å². The molecular weight excluding hydrogens is 228 g/mol. The van der Waals surface area contributed by atoms with Gasteiger partial charge in [-0.2, -0.15) is 0 Å². The molecule has 0 saturated carbocycles. The molecule has 3 heteroatoms. The number of carbonyl (C=O) groups is 1. The maximum absolute atomic E-state index is 11.5. The van der Waals surface area contributed by atoms with Gasteiger partial charge >= 0.3 is 5.97 Å². The van der Waals surface area contributed by atoms with Crippen LogP contribution in [0.15, 0.2) is 0 Å². The number of ether oxygens (including phenoxy) is 2. The predicted molar refractivity (Wildman–Crippen MR) is 74.6 cm³/mol. The second-order valence-corrected chi connectivity index (χ2v) is 5.34. The predicted octanol–water partition coefficient (Wildman–Crippen LogP) is 3.95. The second-order valence-electron chi connectivity index (χ2n) is 5.34. The average Bonchev–Trinajstić information content (AvgIpc) is 2.28. The van der Waals surface area contributed by atoms with Crippen LogP contribution in [0.25, 0.3) is 0 Å². The molecule has 0 fully saturated rings. The fourth-order valence-electron chi connectivity index (χ4n) is 1.72. The Kier molecular flexibility index (Phi) is 11.2. The number of esters is 1. The van der Waals surface area contributed by atoms with Gasteiger partial charge in [-0.15, -0.1) is 0 Å². The molecule has 0 N–H and O–H groups in total. The van der Waals surface area contributed by atoms with Gasteiger partial charge in [-0.05, 0) is 38.5 Å². The van der Waals surface area contributed by atoms with Crippen molar-refractivity contribution >= 4 is 5.97 Å². The lowest BCUT2D eigenvalue weighted by Crippen LogP contribution is -2.15. The first kappa shape index (κ1) is 17.4. The van der Waals surface area contributed by atoms with Gasteiger partial charge in [0, 0.05) is 19.6 Å². The molecule has 108 valence electrons. The smallest absolute Gasteiger partial charge is 0.306 e. The number of rotatable bonds is 11. The Morgan fingerprint density at radius 3 is 2.39 bits per heavy atom. The maximum Gasteiger partial charge on any atom is 0.306 e. The molecule has 18 heavy (non-hydrogen) atoms. The highest BCUT2D eigenvalue weighted by molar-refractivity contribution is 5.69. The van der Waals surface area contributed by atoms with E-state index in [1.165, 1.54) is 6.42 Å². The van der Waals surface area contributed by atoms with E-state index < -0.39 is 0 Å². The van der Waals surface area contributed by atoms with Crippen LogP contribution in [-0.4, -0.2) is 25.3 Å². The molecule has 0 rings (SSSR count). The lowest BCUT2D eigenvalue weighted by atomic mass is 10.0. The summed E-state index contributed by atoms with van der Waals surface area (Å²) in [6.45, 7) is 9.92. The molecule has 0 radical (unpaired) electrons. The van der Waals surface area contributed by atoms with E-state index in [1.807, 2.05) is 6.92 Å². The Morgan fingerprint density at radius 1 is 1.06 bits per heavy atom. The minimum Gasteiger partial charge on any atom is -0.463 e. The van der Waals surface area contributed by atoms with Crippen molar-refractivity contribution in [1.29, 1.82) is 0 Å². The van der Waals surface area contributed by atoms with Gasteiger partial charge in [0.25, 0.3) is 0 Å². The van der Waals surface area contributed by atoms with Gasteiger partial charge in [0.2, 0.25) is 0 Å². The standard InChI is InChI=1S/C15H30O3/c1-5-11-17-12-7-10-15(16)18-14(4)9-6-8-13(2)3/h13-14H,5-12H2,1-4H3. The highest BCUT2D eigenvalue weighted by Gasteiger charge is 2.09. The Hall–Kier alpha value is -0.570. The van der Waals surface area contributed by atoms with Crippen molar-refractivity contribution < 1.29 is 14.3 Å². The van der Waals surface area contributed by atoms with Crippen LogP contribution in [0.5, 0.6) is 0 Å². The summed E-state index contributed by atoms with van der Waals surface area (Å²) in [6, 6.07) is 0. The van der Waals surface area contributed by atoms with Crippen LogP contribution in [0.1, 0.15) is 66.2 Å². The zero-order chi connectivity index (χ0) is 13.8. The summed E-state index contributed by atoms with van der Waals surface area (Å²) in [4.78, 5) is 11.5. The summed E-state index contributed by atoms with van der Waals surface area (Å²) in [5.74, 6) is 0.635. The third-order valence-corrected chi connectivity index (χ3v) is 2.74. The van der Waals surface area contributed by atoms with Gasteiger partial charge in [0.05, 0.1) is 6.10 Å². The Labute approximate surface area is 112 Å². The first-order chi connectivity index (χ1) is 8.56. The van der Waals surface area contributed by atoms with Gasteiger partial charge in [0.1, 0.15) is 0 Å². The minimum absolute atomic E-state index is 0.0489. The van der Waals surface area contributed by atoms with E-state index in [-0.39, 0.29) is 12.1 Å². The molecule has 0 aromatic heterocycles. The fourth-order valence-corrected chi connectivity index (χ4v) is 1.72. The van der Waals surface area contributed by atoms with Gasteiger partial charge in [-0.1, -0.05) is 27.2 Å². The van der Waals surface area contributed by atoms with Crippen molar-refractivity contribution in [1.82, 2.24) is 0 Å². The van der Waals surface area contributed by atoms with E-state index in [9.17, 15) is 4.79 Å². The molecular formula is C15H30O3. The SMILES string of the molecule is CCCOCCCC(=O)OC(C)CCCC(C)C. The molecule has 3 nitrogen and oxygen atoms in total. The molecule has 0 aliphatic carbocycles. The van der Waals surface area contributed by atoms with Gasteiger partial charge in [-0.3, -0.25) is 4.79 Å². The van der Waals surface area contributed by atoms with Crippen LogP contribution in [0.3, 0.4) is 0 Å². The van der Waals surface area contributed by atoms with E-state index in [0.717, 1.165) is 38.2 Å². The molecule has 0 spiro atoms. The molecule has 0 heterocycles. The molecule has 0 aliphatic heterocycles. The first-order valence-corrected chi connectivity index (χ1v) is 7.33. The molecule has 0 aromatic carbocycles. The molecule has 1 unspecified atom stereocenters. The van der Waals surface area contributed by atoms with Crippen molar-refractivity contribution in [3.63, 3.8) is 0 Å². The van der Waals surface area contributed by atoms with Crippen molar-refractivity contribution in [3.05, 3.63) is 0 Å². The van der Waals surface area contributed by atoms with E-state index in [1.54, 1.807) is 0 Å². The third kappa shape index (κ3) is 11.9. The lowest BCUT2D eigenvalue weighted by molar-refractivity contribution is -0.148. The highest BCUT2D eigenvalue weighted by atomic mass is 16.5. The van der Waals surface area contributed by atoms with Crippen LogP contribution in [0.4, 0.5) is 0 Å². The van der Waals surface area contributed by atoms with E-state index in [0.29, 0.717) is 13.0 Å². The van der Waals surface area contributed by atoms with Crippen LogP contribution in [0, 0.1) is 5.92 Å². The van der Waals surface area contributed by atoms with Crippen LogP contribution >= 0.6 is 0 Å². The van der Waals surface area contributed by atoms with E-state index >= 15 is 0 Å². The Balaban J connectivity index is 3.43. The summed E-state index contributed by atoms with van der Waals surface area (Å²) in [5.41, 5.74) is 0. The quantitative estimate of drug-likeness (QED) is 0.416. The largest absolute Gasteiger partial charge is 0.463 e. The van der Waals surface area contributed by atoms with Gasteiger partial charge in [0.15, 0.2) is 0 Å². The van der Waals surface area contributed by atoms with Crippen LogP contribution in [-0.2, 0) is 14.3 Å². The number of carbonyl (C=O) groups excluding carboxylic acids is 1. The van der Waals surface area contributed by atoms with Gasteiger partial charge < -0.3 is 9.47 Å². The zero-order valence-corrected chi connectivity index (χ0v) is 12.5. The molecule has 0 aromatic rings. The average molecular weight is 258 g/mol. The summed E-state index contributed by atoms with van der Waals surface area (Å²) < 4.78 is 10.7. The summed E-state index contributed by atoms with van der Waals surface area (Å²) >= 11 is 0. The van der Waals surface area contributed by atoms with Crippen molar-refractivity contribution in [3.8, 4) is 0 Å². The molecule has 0 bridgehead atoms. The maximum atomic E-state index is 11.5. The van der Waals surface area contributed by atoms with Crippen molar-refractivity contribution in [2.45, 2.75) is 72.3 Å². The third-order valence-electron chi connectivity index (χ3n) is 2.74. The molecule has 1 atom stereocenters. The number of hydrogen-bond donors (Lipinski definition) is 0. The van der Waals surface area contributed by atoms with E-state index in [2.05, 4.69) is 20.8 Å². The number of hydrogen-bond acceptors (Lipinski definition) is 3. The fraction of sp³-hybridized carbons (Fsp3) is 0.933. The first-order valence-electron chi connectivity index (χ1n) is 7.33. The zero-order valence-electron chi connectivity index (χ0n) is 12.5. The molecule has 0 aliphatic rings.